The van der Waals surface area contributed by atoms with Crippen LogP contribution in [0.15, 0.2) is 47.2 Å². The van der Waals surface area contributed by atoms with E-state index in [1.54, 1.807) is 13.0 Å². The summed E-state index contributed by atoms with van der Waals surface area (Å²) in [6.07, 6.45) is 2.95. The van der Waals surface area contributed by atoms with Gasteiger partial charge in [0.15, 0.2) is 5.69 Å². The van der Waals surface area contributed by atoms with E-state index in [0.29, 0.717) is 11.3 Å². The number of benzene rings is 1. The summed E-state index contributed by atoms with van der Waals surface area (Å²) >= 11 is 0. The Balaban J connectivity index is 1.72. The van der Waals surface area contributed by atoms with Crippen LogP contribution in [-0.2, 0) is 0 Å². The maximum atomic E-state index is 12.2. The summed E-state index contributed by atoms with van der Waals surface area (Å²) in [5.74, 6) is -0.240. The molecule has 2 heterocycles. The average Bonchev–Trinajstić information content (AvgIpc) is 3.24. The summed E-state index contributed by atoms with van der Waals surface area (Å²) in [5.41, 5.74) is 7.43. The molecule has 2 aromatic heterocycles. The van der Waals surface area contributed by atoms with Gasteiger partial charge in [0.2, 0.25) is 0 Å². The Bertz CT molecular complexity index is 911. The maximum absolute atomic E-state index is 12.2. The third-order valence-electron chi connectivity index (χ3n) is 3.85. The van der Waals surface area contributed by atoms with Gasteiger partial charge in [-0.2, -0.15) is 0 Å². The standard InChI is InChI=1S/C17H17N5O3/c1-10(19-17(24)14-7-8-25-11(14)2)12-3-5-13(6-4-12)22-9-15(16(18)23)20-21-22/h3-10H,1-2H3,(H2,18,23)(H,19,24)/t10-/m1/s1. The highest BCUT2D eigenvalue weighted by Crippen LogP contribution is 2.17. The van der Waals surface area contributed by atoms with Crippen molar-refractivity contribution in [2.75, 3.05) is 0 Å². The second-order valence-electron chi connectivity index (χ2n) is 5.59. The number of hydrogen-bond donors (Lipinski definition) is 2. The zero-order valence-corrected chi connectivity index (χ0v) is 13.8. The molecule has 3 N–H and O–H groups in total. The lowest BCUT2D eigenvalue weighted by atomic mass is 10.1. The van der Waals surface area contributed by atoms with Crippen molar-refractivity contribution < 1.29 is 14.0 Å². The van der Waals surface area contributed by atoms with E-state index in [1.165, 1.54) is 17.1 Å². The van der Waals surface area contributed by atoms with Crippen LogP contribution >= 0.6 is 0 Å². The van der Waals surface area contributed by atoms with Crippen LogP contribution in [0.2, 0.25) is 0 Å². The zero-order chi connectivity index (χ0) is 18.0. The molecule has 8 heteroatoms. The number of furan rings is 1. The second kappa shape index (κ2) is 6.60. The van der Waals surface area contributed by atoms with Crippen molar-refractivity contribution in [3.05, 3.63) is 65.4 Å². The Labute approximate surface area is 143 Å². The highest BCUT2D eigenvalue weighted by Gasteiger charge is 2.15. The van der Waals surface area contributed by atoms with Gasteiger partial charge in [-0.15, -0.1) is 5.10 Å². The van der Waals surface area contributed by atoms with Gasteiger partial charge in [-0.05, 0) is 37.6 Å². The fourth-order valence-corrected chi connectivity index (χ4v) is 2.40. The van der Waals surface area contributed by atoms with Gasteiger partial charge in [-0.3, -0.25) is 9.59 Å². The third-order valence-corrected chi connectivity index (χ3v) is 3.85. The van der Waals surface area contributed by atoms with E-state index in [9.17, 15) is 9.59 Å². The van der Waals surface area contributed by atoms with E-state index in [4.69, 9.17) is 10.2 Å². The van der Waals surface area contributed by atoms with Gasteiger partial charge >= 0.3 is 0 Å². The number of hydrogen-bond acceptors (Lipinski definition) is 5. The van der Waals surface area contributed by atoms with Gasteiger partial charge in [-0.1, -0.05) is 17.3 Å². The van der Waals surface area contributed by atoms with E-state index in [-0.39, 0.29) is 17.6 Å². The third kappa shape index (κ3) is 3.42. The minimum Gasteiger partial charge on any atom is -0.469 e. The number of aryl methyl sites for hydroxylation is 1. The molecule has 128 valence electrons. The fourth-order valence-electron chi connectivity index (χ4n) is 2.40. The summed E-state index contributed by atoms with van der Waals surface area (Å²) in [6.45, 7) is 3.63. The van der Waals surface area contributed by atoms with Gasteiger partial charge in [-0.25, -0.2) is 4.68 Å². The average molecular weight is 339 g/mol. The Kier molecular flexibility index (Phi) is 4.34. The van der Waals surface area contributed by atoms with Gasteiger partial charge < -0.3 is 15.5 Å². The molecule has 3 rings (SSSR count). The smallest absolute Gasteiger partial charge is 0.270 e. The quantitative estimate of drug-likeness (QED) is 0.735. The first-order valence-corrected chi connectivity index (χ1v) is 7.63. The molecule has 0 spiro atoms. The van der Waals surface area contributed by atoms with Crippen LogP contribution in [0.5, 0.6) is 0 Å². The van der Waals surface area contributed by atoms with E-state index in [1.807, 2.05) is 31.2 Å². The molecule has 1 atom stereocenters. The van der Waals surface area contributed by atoms with Crippen molar-refractivity contribution in [1.82, 2.24) is 20.3 Å². The summed E-state index contributed by atoms with van der Waals surface area (Å²) in [4.78, 5) is 23.3. The molecular weight excluding hydrogens is 322 g/mol. The first-order valence-electron chi connectivity index (χ1n) is 7.63. The lowest BCUT2D eigenvalue weighted by molar-refractivity contribution is 0.0937. The largest absolute Gasteiger partial charge is 0.469 e. The first kappa shape index (κ1) is 16.4. The number of primary amides is 1. The minimum atomic E-state index is -0.631. The van der Waals surface area contributed by atoms with Crippen LogP contribution in [0.4, 0.5) is 0 Å². The molecule has 8 nitrogen and oxygen atoms in total. The molecule has 0 aliphatic carbocycles. The van der Waals surface area contributed by atoms with Gasteiger partial charge in [0.05, 0.1) is 29.8 Å². The molecule has 0 radical (unpaired) electrons. The molecule has 0 bridgehead atoms. The van der Waals surface area contributed by atoms with Crippen molar-refractivity contribution in [1.29, 1.82) is 0 Å². The lowest BCUT2D eigenvalue weighted by Crippen LogP contribution is -2.26. The van der Waals surface area contributed by atoms with Gasteiger partial charge in [0, 0.05) is 0 Å². The number of amides is 2. The van der Waals surface area contributed by atoms with E-state index >= 15 is 0 Å². The number of aromatic nitrogens is 3. The predicted octanol–water partition coefficient (Wildman–Crippen LogP) is 1.76. The number of carbonyl (C=O) groups excluding carboxylic acids is 2. The minimum absolute atomic E-state index is 0.0974. The number of carbonyl (C=O) groups is 2. The van der Waals surface area contributed by atoms with Crippen molar-refractivity contribution in [3.63, 3.8) is 0 Å². The first-order chi connectivity index (χ1) is 12.0. The molecule has 3 aromatic rings. The SMILES string of the molecule is Cc1occc1C(=O)N[C@H](C)c1ccc(-n2cc(C(N)=O)nn2)cc1. The predicted molar refractivity (Wildman–Crippen MR) is 89.2 cm³/mol. The fraction of sp³-hybridized carbons (Fsp3) is 0.176. The Hall–Kier alpha value is -3.42. The lowest BCUT2D eigenvalue weighted by Gasteiger charge is -2.14. The number of nitrogens with two attached hydrogens (primary N) is 1. The monoisotopic (exact) mass is 339 g/mol. The molecule has 1 aromatic carbocycles. The summed E-state index contributed by atoms with van der Waals surface area (Å²) in [7, 11) is 0. The van der Waals surface area contributed by atoms with Crippen molar-refractivity contribution >= 4 is 11.8 Å². The van der Waals surface area contributed by atoms with Crippen LogP contribution in [0.25, 0.3) is 5.69 Å². The second-order valence-corrected chi connectivity index (χ2v) is 5.59. The van der Waals surface area contributed by atoms with E-state index in [0.717, 1.165) is 11.3 Å². The molecule has 25 heavy (non-hydrogen) atoms. The summed E-state index contributed by atoms with van der Waals surface area (Å²) in [6, 6.07) is 8.83. The topological polar surface area (TPSA) is 116 Å². The molecule has 0 aliphatic heterocycles. The van der Waals surface area contributed by atoms with Crippen LogP contribution in [-0.4, -0.2) is 26.8 Å². The molecule has 0 aliphatic rings. The van der Waals surface area contributed by atoms with E-state index < -0.39 is 5.91 Å². The number of nitrogens with one attached hydrogen (secondary N) is 1. The molecule has 0 fully saturated rings. The normalized spacial score (nSPS) is 11.9. The van der Waals surface area contributed by atoms with Crippen LogP contribution in [0.1, 0.15) is 45.1 Å². The van der Waals surface area contributed by atoms with E-state index in [2.05, 4.69) is 15.6 Å². The number of rotatable bonds is 5. The molecule has 2 amide bonds. The van der Waals surface area contributed by atoms with Gasteiger partial charge in [0.25, 0.3) is 11.8 Å². The maximum Gasteiger partial charge on any atom is 0.270 e. The highest BCUT2D eigenvalue weighted by atomic mass is 16.3. The Morgan fingerprint density at radius 2 is 1.96 bits per heavy atom. The molecule has 0 saturated heterocycles. The van der Waals surface area contributed by atoms with Crippen molar-refractivity contribution in [2.45, 2.75) is 19.9 Å². The zero-order valence-electron chi connectivity index (χ0n) is 13.8. The highest BCUT2D eigenvalue weighted by molar-refractivity contribution is 5.95. The van der Waals surface area contributed by atoms with Crippen molar-refractivity contribution in [2.24, 2.45) is 5.73 Å². The number of nitrogens with zero attached hydrogens (tertiary/aromatic N) is 3. The molecular formula is C17H17N5O3. The summed E-state index contributed by atoms with van der Waals surface area (Å²) in [5, 5.41) is 10.5. The Morgan fingerprint density at radius 3 is 2.52 bits per heavy atom. The van der Waals surface area contributed by atoms with Crippen LogP contribution in [0.3, 0.4) is 0 Å². The van der Waals surface area contributed by atoms with Gasteiger partial charge in [0.1, 0.15) is 5.76 Å². The Morgan fingerprint density at radius 1 is 1.24 bits per heavy atom. The van der Waals surface area contributed by atoms with Crippen molar-refractivity contribution in [3.8, 4) is 5.69 Å². The molecule has 0 unspecified atom stereocenters. The van der Waals surface area contributed by atoms with Crippen LogP contribution in [0, 0.1) is 6.92 Å². The van der Waals surface area contributed by atoms with Crippen LogP contribution < -0.4 is 11.1 Å². The molecule has 0 saturated carbocycles. The summed E-state index contributed by atoms with van der Waals surface area (Å²) < 4.78 is 6.61.